The van der Waals surface area contributed by atoms with E-state index >= 15 is 0 Å². The lowest BCUT2D eigenvalue weighted by Crippen LogP contribution is -2.23. The van der Waals surface area contributed by atoms with E-state index in [0.717, 1.165) is 35.9 Å². The van der Waals surface area contributed by atoms with Crippen molar-refractivity contribution in [2.45, 2.75) is 32.2 Å². The van der Waals surface area contributed by atoms with Crippen LogP contribution < -0.4 is 5.32 Å². The van der Waals surface area contributed by atoms with Gasteiger partial charge in [-0.05, 0) is 49.4 Å². The maximum absolute atomic E-state index is 13.2. The molecule has 1 N–H and O–H groups in total. The minimum atomic E-state index is -0.317. The van der Waals surface area contributed by atoms with Gasteiger partial charge in [0.15, 0.2) is 5.69 Å². The number of aryl methyl sites for hydroxylation is 1. The minimum absolute atomic E-state index is 0.0915. The average molecular weight is 450 g/mol. The summed E-state index contributed by atoms with van der Waals surface area (Å²) in [6.45, 7) is 1.84. The number of pyridine rings is 1. The van der Waals surface area contributed by atoms with Crippen LogP contribution in [0.1, 0.15) is 46.2 Å². The molecule has 0 aliphatic heterocycles. The molecule has 1 aliphatic rings. The number of amides is 1. The molecule has 2 aromatic carbocycles. The third-order valence-corrected chi connectivity index (χ3v) is 6.49. The van der Waals surface area contributed by atoms with Gasteiger partial charge in [-0.2, -0.15) is 5.10 Å². The number of carbonyl (C=O) groups excluding carboxylic acids is 1. The molecular formula is C26H23N7O. The molecule has 0 bridgehead atoms. The Balaban J connectivity index is 1.31. The molecule has 168 valence electrons. The van der Waals surface area contributed by atoms with Crippen LogP contribution in [0.5, 0.6) is 0 Å². The second-order valence-corrected chi connectivity index (χ2v) is 8.51. The van der Waals surface area contributed by atoms with E-state index in [1.54, 1.807) is 17.1 Å². The Morgan fingerprint density at radius 3 is 2.85 bits per heavy atom. The van der Waals surface area contributed by atoms with Gasteiger partial charge in [0.1, 0.15) is 5.82 Å². The Bertz CT molecular complexity index is 1510. The van der Waals surface area contributed by atoms with Crippen molar-refractivity contribution in [1.29, 1.82) is 0 Å². The number of anilines is 1. The Morgan fingerprint density at radius 2 is 1.91 bits per heavy atom. The van der Waals surface area contributed by atoms with Crippen molar-refractivity contribution >= 4 is 22.6 Å². The highest BCUT2D eigenvalue weighted by Crippen LogP contribution is 2.34. The number of carbonyl (C=O) groups is 1. The molecule has 1 unspecified atom stereocenters. The standard InChI is InChI=1S/C26H23N7O/c1-17-24(30-31-32(17)22-13-5-9-19-10-6-15-27-25(19)22)26(34)29-23-14-16-28-33(23)21-12-4-8-18-7-2-3-11-20(18)21/h2-3,5-7,9-11,13-16,21H,4,8,12H2,1H3,(H,29,34). The molecule has 6 rings (SSSR count). The molecule has 34 heavy (non-hydrogen) atoms. The number of hydrogen-bond acceptors (Lipinski definition) is 5. The third-order valence-electron chi connectivity index (χ3n) is 6.49. The first-order chi connectivity index (χ1) is 16.7. The average Bonchev–Trinajstić information content (AvgIpc) is 3.49. The first kappa shape index (κ1) is 20.3. The van der Waals surface area contributed by atoms with E-state index in [4.69, 9.17) is 0 Å². The van der Waals surface area contributed by atoms with Crippen LogP contribution in [0, 0.1) is 6.92 Å². The van der Waals surface area contributed by atoms with Gasteiger partial charge in [0.25, 0.3) is 5.91 Å². The van der Waals surface area contributed by atoms with Gasteiger partial charge in [-0.25, -0.2) is 9.36 Å². The molecule has 8 heteroatoms. The van der Waals surface area contributed by atoms with Crippen LogP contribution in [-0.2, 0) is 6.42 Å². The lowest BCUT2D eigenvalue weighted by atomic mass is 9.88. The van der Waals surface area contributed by atoms with Crippen molar-refractivity contribution in [2.24, 2.45) is 0 Å². The smallest absolute Gasteiger partial charge is 0.279 e. The molecule has 0 saturated carbocycles. The predicted molar refractivity (Wildman–Crippen MR) is 129 cm³/mol. The van der Waals surface area contributed by atoms with Crippen molar-refractivity contribution < 1.29 is 4.79 Å². The summed E-state index contributed by atoms with van der Waals surface area (Å²) in [4.78, 5) is 17.7. The lowest BCUT2D eigenvalue weighted by molar-refractivity contribution is 0.102. The number of hydrogen-bond donors (Lipinski definition) is 1. The van der Waals surface area contributed by atoms with Gasteiger partial charge in [0, 0.05) is 17.6 Å². The first-order valence-corrected chi connectivity index (χ1v) is 11.4. The quantitative estimate of drug-likeness (QED) is 0.436. The summed E-state index contributed by atoms with van der Waals surface area (Å²) in [5, 5.41) is 17.0. The van der Waals surface area contributed by atoms with Crippen molar-refractivity contribution in [3.8, 4) is 5.69 Å². The SMILES string of the molecule is Cc1c(C(=O)Nc2ccnn2C2CCCc3ccccc32)nnn1-c1cccc2cccnc12. The molecule has 0 saturated heterocycles. The summed E-state index contributed by atoms with van der Waals surface area (Å²) in [6, 6.07) is 20.1. The maximum atomic E-state index is 13.2. The normalized spacial score (nSPS) is 15.3. The molecule has 0 radical (unpaired) electrons. The van der Waals surface area contributed by atoms with Gasteiger partial charge in [0.05, 0.1) is 29.1 Å². The molecule has 3 aromatic heterocycles. The molecule has 5 aromatic rings. The topological polar surface area (TPSA) is 90.5 Å². The zero-order valence-electron chi connectivity index (χ0n) is 18.7. The van der Waals surface area contributed by atoms with Gasteiger partial charge in [-0.1, -0.05) is 47.7 Å². The van der Waals surface area contributed by atoms with Crippen LogP contribution in [0.3, 0.4) is 0 Å². The number of nitrogens with one attached hydrogen (secondary N) is 1. The van der Waals surface area contributed by atoms with E-state index in [1.165, 1.54) is 11.1 Å². The molecule has 8 nitrogen and oxygen atoms in total. The highest BCUT2D eigenvalue weighted by Gasteiger charge is 2.25. The van der Waals surface area contributed by atoms with E-state index < -0.39 is 0 Å². The maximum Gasteiger partial charge on any atom is 0.279 e. The molecular weight excluding hydrogens is 426 g/mol. The fourth-order valence-electron chi connectivity index (χ4n) is 4.85. The summed E-state index contributed by atoms with van der Waals surface area (Å²) in [5.41, 5.74) is 5.10. The largest absolute Gasteiger partial charge is 0.305 e. The Labute approximate surface area is 196 Å². The summed E-state index contributed by atoms with van der Waals surface area (Å²) in [5.74, 6) is 0.329. The number of benzene rings is 2. The van der Waals surface area contributed by atoms with E-state index in [9.17, 15) is 4.79 Å². The van der Waals surface area contributed by atoms with Crippen molar-refractivity contribution in [2.75, 3.05) is 5.32 Å². The van der Waals surface area contributed by atoms with Crippen molar-refractivity contribution in [1.82, 2.24) is 29.8 Å². The monoisotopic (exact) mass is 449 g/mol. The summed E-state index contributed by atoms with van der Waals surface area (Å²) < 4.78 is 3.57. The second kappa shape index (κ2) is 8.22. The summed E-state index contributed by atoms with van der Waals surface area (Å²) in [7, 11) is 0. The van der Waals surface area contributed by atoms with Crippen molar-refractivity contribution in [3.63, 3.8) is 0 Å². The van der Waals surface area contributed by atoms with Gasteiger partial charge in [-0.3, -0.25) is 9.78 Å². The van der Waals surface area contributed by atoms with Gasteiger partial charge in [-0.15, -0.1) is 5.10 Å². The number of para-hydroxylation sites is 1. The fourth-order valence-corrected chi connectivity index (χ4v) is 4.85. The summed E-state index contributed by atoms with van der Waals surface area (Å²) in [6.07, 6.45) is 6.60. The Hall–Kier alpha value is -4.33. The highest BCUT2D eigenvalue weighted by atomic mass is 16.2. The molecule has 0 spiro atoms. The third kappa shape index (κ3) is 3.35. The van der Waals surface area contributed by atoms with E-state index in [2.05, 4.69) is 50.0 Å². The Morgan fingerprint density at radius 1 is 1.03 bits per heavy atom. The first-order valence-electron chi connectivity index (χ1n) is 11.4. The number of fused-ring (bicyclic) bond motifs is 2. The second-order valence-electron chi connectivity index (χ2n) is 8.51. The number of nitrogens with zero attached hydrogens (tertiary/aromatic N) is 6. The van der Waals surface area contributed by atoms with E-state index in [0.29, 0.717) is 11.5 Å². The van der Waals surface area contributed by atoms with Gasteiger partial charge in [0.2, 0.25) is 0 Å². The van der Waals surface area contributed by atoms with Crippen LogP contribution in [0.25, 0.3) is 16.6 Å². The van der Waals surface area contributed by atoms with Crippen LogP contribution >= 0.6 is 0 Å². The lowest BCUT2D eigenvalue weighted by Gasteiger charge is -2.27. The van der Waals surface area contributed by atoms with Crippen LogP contribution in [0.15, 0.2) is 73.1 Å². The molecule has 1 atom stereocenters. The predicted octanol–water partition coefficient (Wildman–Crippen LogP) is 4.50. The van der Waals surface area contributed by atoms with Crippen LogP contribution in [-0.4, -0.2) is 35.7 Å². The van der Waals surface area contributed by atoms with Gasteiger partial charge >= 0.3 is 0 Å². The van der Waals surface area contributed by atoms with Crippen molar-refractivity contribution in [3.05, 3.63) is 95.6 Å². The van der Waals surface area contributed by atoms with E-state index in [1.807, 2.05) is 48.0 Å². The summed E-state index contributed by atoms with van der Waals surface area (Å²) >= 11 is 0. The molecule has 3 heterocycles. The molecule has 1 aliphatic carbocycles. The highest BCUT2D eigenvalue weighted by molar-refractivity contribution is 6.03. The zero-order chi connectivity index (χ0) is 23.1. The molecule has 0 fully saturated rings. The molecule has 1 amide bonds. The zero-order valence-corrected chi connectivity index (χ0v) is 18.7. The minimum Gasteiger partial charge on any atom is -0.305 e. The van der Waals surface area contributed by atoms with E-state index in [-0.39, 0.29) is 17.6 Å². The number of rotatable bonds is 4. The van der Waals surface area contributed by atoms with Crippen LogP contribution in [0.4, 0.5) is 5.82 Å². The fraction of sp³-hybridized carbons (Fsp3) is 0.192. The Kier molecular flexibility index (Phi) is 4.91. The number of aromatic nitrogens is 6. The van der Waals surface area contributed by atoms with Gasteiger partial charge < -0.3 is 5.32 Å². The van der Waals surface area contributed by atoms with Crippen LogP contribution in [0.2, 0.25) is 0 Å².